The van der Waals surface area contributed by atoms with Crippen molar-refractivity contribution in [3.05, 3.63) is 65.7 Å². The molecule has 1 N–H and O–H groups in total. The van der Waals surface area contributed by atoms with Crippen LogP contribution in [0.15, 0.2) is 59.8 Å². The number of aromatic nitrogens is 3. The number of benzene rings is 2. The molecule has 0 aliphatic carbocycles. The first-order valence-corrected chi connectivity index (χ1v) is 11.1. The van der Waals surface area contributed by atoms with Gasteiger partial charge in [0.05, 0.1) is 6.10 Å². The van der Waals surface area contributed by atoms with Crippen LogP contribution in [0.4, 0.5) is 0 Å². The molecule has 0 saturated heterocycles. The highest BCUT2D eigenvalue weighted by molar-refractivity contribution is 7.99. The second-order valence-electron chi connectivity index (χ2n) is 7.47. The lowest BCUT2D eigenvalue weighted by Gasteiger charge is -2.20. The van der Waals surface area contributed by atoms with Gasteiger partial charge >= 0.3 is 0 Å². The van der Waals surface area contributed by atoms with Crippen molar-refractivity contribution in [3.63, 3.8) is 0 Å². The number of hydrogen-bond acceptors (Lipinski definition) is 5. The Morgan fingerprint density at radius 1 is 1.10 bits per heavy atom. The van der Waals surface area contributed by atoms with Crippen LogP contribution >= 0.6 is 11.8 Å². The van der Waals surface area contributed by atoms with E-state index >= 15 is 0 Å². The lowest BCUT2D eigenvalue weighted by atomic mass is 10.1. The minimum atomic E-state index is -0.428. The van der Waals surface area contributed by atoms with Gasteiger partial charge in [-0.15, -0.1) is 10.2 Å². The lowest BCUT2D eigenvalue weighted by Crippen LogP contribution is -2.30. The molecule has 154 valence electrons. The van der Waals surface area contributed by atoms with Gasteiger partial charge in [0.25, 0.3) is 0 Å². The fraction of sp³-hybridized carbons (Fsp3) is 0.391. The zero-order chi connectivity index (χ0) is 20.6. The van der Waals surface area contributed by atoms with Gasteiger partial charge in [-0.2, -0.15) is 0 Å². The number of nitrogens with zero attached hydrogens (tertiary/aromatic N) is 4. The van der Waals surface area contributed by atoms with Gasteiger partial charge in [-0.25, -0.2) is 0 Å². The third-order valence-electron chi connectivity index (χ3n) is 4.66. The quantitative estimate of drug-likeness (QED) is 0.507. The van der Waals surface area contributed by atoms with Gasteiger partial charge in [-0.05, 0) is 32.0 Å². The third kappa shape index (κ3) is 6.16. The summed E-state index contributed by atoms with van der Waals surface area (Å²) in [6, 6.07) is 18.7. The van der Waals surface area contributed by atoms with Crippen LogP contribution < -0.4 is 0 Å². The SMILES string of the molecule is CCCn1c(SCC(O)CN(C)Cc2ccccc2)nnc1-c1cccc(C)c1. The van der Waals surface area contributed by atoms with E-state index in [9.17, 15) is 5.11 Å². The molecule has 0 aliphatic heterocycles. The smallest absolute Gasteiger partial charge is 0.191 e. The Hall–Kier alpha value is -2.15. The van der Waals surface area contributed by atoms with Crippen LogP contribution in [-0.4, -0.2) is 50.2 Å². The van der Waals surface area contributed by atoms with Gasteiger partial charge in [-0.1, -0.05) is 72.8 Å². The van der Waals surface area contributed by atoms with E-state index in [2.05, 4.69) is 69.9 Å². The summed E-state index contributed by atoms with van der Waals surface area (Å²) in [7, 11) is 2.04. The average Bonchev–Trinajstić information content (AvgIpc) is 3.10. The first-order chi connectivity index (χ1) is 14.1. The van der Waals surface area contributed by atoms with Gasteiger partial charge in [0, 0.05) is 31.0 Å². The standard InChI is InChI=1S/C23H30N4OS/c1-4-13-27-22(20-12-8-9-18(2)14-20)24-25-23(27)29-17-21(28)16-26(3)15-19-10-6-5-7-11-19/h5-12,14,21,28H,4,13,15-17H2,1-3H3. The minimum Gasteiger partial charge on any atom is -0.391 e. The van der Waals surface area contributed by atoms with Crippen LogP contribution in [0.2, 0.25) is 0 Å². The molecular formula is C23H30N4OS. The molecule has 0 bridgehead atoms. The maximum absolute atomic E-state index is 10.5. The van der Waals surface area contributed by atoms with Crippen molar-refractivity contribution in [1.29, 1.82) is 0 Å². The Morgan fingerprint density at radius 3 is 2.62 bits per heavy atom. The average molecular weight is 411 g/mol. The number of likely N-dealkylation sites (N-methyl/N-ethyl adjacent to an activating group) is 1. The molecule has 0 radical (unpaired) electrons. The lowest BCUT2D eigenvalue weighted by molar-refractivity contribution is 0.142. The van der Waals surface area contributed by atoms with Crippen molar-refractivity contribution >= 4 is 11.8 Å². The van der Waals surface area contributed by atoms with Crippen molar-refractivity contribution < 1.29 is 5.11 Å². The number of aliphatic hydroxyl groups is 1. The molecule has 6 heteroatoms. The monoisotopic (exact) mass is 410 g/mol. The summed E-state index contributed by atoms with van der Waals surface area (Å²) in [6.45, 7) is 6.55. The van der Waals surface area contributed by atoms with Crippen molar-refractivity contribution in [2.24, 2.45) is 0 Å². The molecule has 0 saturated carbocycles. The summed E-state index contributed by atoms with van der Waals surface area (Å²) in [4.78, 5) is 2.15. The molecule has 1 aromatic heterocycles. The fourth-order valence-electron chi connectivity index (χ4n) is 3.36. The summed E-state index contributed by atoms with van der Waals surface area (Å²) in [5.41, 5.74) is 3.54. The number of thioether (sulfide) groups is 1. The second kappa shape index (κ2) is 10.6. The highest BCUT2D eigenvalue weighted by Gasteiger charge is 2.16. The molecule has 1 atom stereocenters. The van der Waals surface area contributed by atoms with Crippen molar-refractivity contribution in [2.75, 3.05) is 19.3 Å². The van der Waals surface area contributed by atoms with Crippen LogP contribution in [-0.2, 0) is 13.1 Å². The maximum Gasteiger partial charge on any atom is 0.191 e. The highest BCUT2D eigenvalue weighted by atomic mass is 32.2. The summed E-state index contributed by atoms with van der Waals surface area (Å²) >= 11 is 1.58. The second-order valence-corrected chi connectivity index (χ2v) is 8.46. The Bertz CT molecular complexity index is 897. The molecule has 0 spiro atoms. The molecule has 0 amide bonds. The van der Waals surface area contributed by atoms with Gasteiger partial charge in [0.2, 0.25) is 0 Å². The predicted molar refractivity (Wildman–Crippen MR) is 120 cm³/mol. The molecule has 2 aromatic carbocycles. The number of hydrogen-bond donors (Lipinski definition) is 1. The van der Waals surface area contributed by atoms with Crippen LogP contribution in [0, 0.1) is 6.92 Å². The first-order valence-electron chi connectivity index (χ1n) is 10.1. The highest BCUT2D eigenvalue weighted by Crippen LogP contribution is 2.25. The van der Waals surface area contributed by atoms with Crippen molar-refractivity contribution in [1.82, 2.24) is 19.7 Å². The van der Waals surface area contributed by atoms with E-state index in [1.165, 1.54) is 11.1 Å². The third-order valence-corrected chi connectivity index (χ3v) is 5.77. The topological polar surface area (TPSA) is 54.2 Å². The van der Waals surface area contributed by atoms with E-state index in [0.717, 1.165) is 36.1 Å². The van der Waals surface area contributed by atoms with E-state index in [-0.39, 0.29) is 0 Å². The summed E-state index contributed by atoms with van der Waals surface area (Å²) < 4.78 is 2.17. The molecular weight excluding hydrogens is 380 g/mol. The van der Waals surface area contributed by atoms with Crippen molar-refractivity contribution in [2.45, 2.75) is 44.6 Å². The summed E-state index contributed by atoms with van der Waals surface area (Å²) in [5.74, 6) is 1.49. The van der Waals surface area contributed by atoms with Crippen LogP contribution in [0.25, 0.3) is 11.4 Å². The molecule has 5 nitrogen and oxygen atoms in total. The van der Waals surface area contributed by atoms with Crippen LogP contribution in [0.1, 0.15) is 24.5 Å². The molecule has 29 heavy (non-hydrogen) atoms. The zero-order valence-electron chi connectivity index (χ0n) is 17.5. The molecule has 0 fully saturated rings. The van der Waals surface area contributed by atoms with Gasteiger partial charge in [0.15, 0.2) is 11.0 Å². The molecule has 1 unspecified atom stereocenters. The predicted octanol–water partition coefficient (Wildman–Crippen LogP) is 4.25. The maximum atomic E-state index is 10.5. The van der Waals surface area contributed by atoms with Gasteiger partial charge in [0.1, 0.15) is 0 Å². The number of aryl methyl sites for hydroxylation is 1. The first kappa shape index (κ1) is 21.6. The van der Waals surface area contributed by atoms with Gasteiger partial charge in [-0.3, -0.25) is 4.90 Å². The van der Waals surface area contributed by atoms with E-state index < -0.39 is 6.10 Å². The Balaban J connectivity index is 1.61. The number of rotatable bonds is 10. The summed E-state index contributed by atoms with van der Waals surface area (Å²) in [6.07, 6.45) is 0.579. The molecule has 3 rings (SSSR count). The Kier molecular flexibility index (Phi) is 7.86. The Labute approximate surface area is 177 Å². The Morgan fingerprint density at radius 2 is 1.90 bits per heavy atom. The van der Waals surface area contributed by atoms with Gasteiger partial charge < -0.3 is 9.67 Å². The fourth-order valence-corrected chi connectivity index (χ4v) is 4.24. The normalized spacial score (nSPS) is 12.4. The largest absolute Gasteiger partial charge is 0.391 e. The molecule has 0 aliphatic rings. The van der Waals surface area contributed by atoms with Crippen LogP contribution in [0.3, 0.4) is 0 Å². The number of aliphatic hydroxyl groups excluding tert-OH is 1. The van der Waals surface area contributed by atoms with E-state index in [1.807, 2.05) is 25.2 Å². The van der Waals surface area contributed by atoms with E-state index in [1.54, 1.807) is 11.8 Å². The molecule has 1 heterocycles. The minimum absolute atomic E-state index is 0.428. The molecule has 3 aromatic rings. The summed E-state index contributed by atoms with van der Waals surface area (Å²) in [5, 5.41) is 20.2. The van der Waals surface area contributed by atoms with Crippen LogP contribution in [0.5, 0.6) is 0 Å². The zero-order valence-corrected chi connectivity index (χ0v) is 18.3. The van der Waals surface area contributed by atoms with E-state index in [4.69, 9.17) is 0 Å². The van der Waals surface area contributed by atoms with E-state index in [0.29, 0.717) is 12.3 Å². The van der Waals surface area contributed by atoms with Crippen molar-refractivity contribution in [3.8, 4) is 11.4 Å².